The lowest BCUT2D eigenvalue weighted by molar-refractivity contribution is 0.0720. The number of fused-ring (bicyclic) bond motifs is 1. The summed E-state index contributed by atoms with van der Waals surface area (Å²) >= 11 is 0. The molecule has 5 nitrogen and oxygen atoms in total. The maximum absolute atomic E-state index is 13.5. The van der Waals surface area contributed by atoms with E-state index < -0.39 is 0 Å². The van der Waals surface area contributed by atoms with Crippen molar-refractivity contribution in [3.05, 3.63) is 65.2 Å². The van der Waals surface area contributed by atoms with Crippen LogP contribution in [-0.4, -0.2) is 57.5 Å². The summed E-state index contributed by atoms with van der Waals surface area (Å²) in [7, 11) is 1.94. The maximum atomic E-state index is 13.5. The first-order chi connectivity index (χ1) is 15.0. The Hall–Kier alpha value is -2.73. The molecule has 2 fully saturated rings. The first-order valence-corrected chi connectivity index (χ1v) is 11.2. The SMILES string of the molecule is Cc1nc2cc(F)ccc2n1Cc1ccc(C(=O)N(C)C2CCN(C3CCC3)C2)cc1. The molecule has 31 heavy (non-hydrogen) atoms. The number of hydrogen-bond acceptors (Lipinski definition) is 3. The van der Waals surface area contributed by atoms with Crippen LogP contribution < -0.4 is 0 Å². The number of aryl methyl sites for hydroxylation is 1. The number of amides is 1. The van der Waals surface area contributed by atoms with Crippen LogP contribution in [0.25, 0.3) is 11.0 Å². The maximum Gasteiger partial charge on any atom is 0.253 e. The number of likely N-dealkylation sites (tertiary alicyclic amines) is 1. The van der Waals surface area contributed by atoms with Crippen molar-refractivity contribution in [1.82, 2.24) is 19.4 Å². The van der Waals surface area contributed by atoms with E-state index in [0.29, 0.717) is 18.1 Å². The van der Waals surface area contributed by atoms with Crippen molar-refractivity contribution in [1.29, 1.82) is 0 Å². The van der Waals surface area contributed by atoms with Crippen molar-refractivity contribution in [3.63, 3.8) is 0 Å². The Morgan fingerprint density at radius 2 is 1.94 bits per heavy atom. The lowest BCUT2D eigenvalue weighted by atomic mass is 9.92. The van der Waals surface area contributed by atoms with E-state index in [4.69, 9.17) is 0 Å². The number of carbonyl (C=O) groups excluding carboxylic acids is 1. The molecule has 1 amide bonds. The number of aromatic nitrogens is 2. The van der Waals surface area contributed by atoms with Crippen molar-refractivity contribution >= 4 is 16.9 Å². The first-order valence-electron chi connectivity index (χ1n) is 11.2. The number of benzene rings is 2. The molecule has 2 aliphatic rings. The van der Waals surface area contributed by atoms with Gasteiger partial charge in [0.05, 0.1) is 11.0 Å². The third kappa shape index (κ3) is 3.85. The van der Waals surface area contributed by atoms with Gasteiger partial charge in [0, 0.05) is 50.4 Å². The van der Waals surface area contributed by atoms with Crippen molar-refractivity contribution in [2.24, 2.45) is 0 Å². The zero-order chi connectivity index (χ0) is 21.5. The molecule has 1 aliphatic heterocycles. The molecule has 6 heteroatoms. The summed E-state index contributed by atoms with van der Waals surface area (Å²) in [4.78, 5) is 22.0. The summed E-state index contributed by atoms with van der Waals surface area (Å²) in [5.41, 5.74) is 3.39. The van der Waals surface area contributed by atoms with E-state index in [1.165, 1.54) is 31.4 Å². The van der Waals surface area contributed by atoms with E-state index in [2.05, 4.69) is 14.5 Å². The zero-order valence-electron chi connectivity index (χ0n) is 18.2. The summed E-state index contributed by atoms with van der Waals surface area (Å²) in [6.45, 7) is 4.67. The lowest BCUT2D eigenvalue weighted by Gasteiger charge is -2.35. The highest BCUT2D eigenvalue weighted by Gasteiger charge is 2.34. The van der Waals surface area contributed by atoms with Crippen LogP contribution in [0.4, 0.5) is 4.39 Å². The third-order valence-corrected chi connectivity index (χ3v) is 7.10. The predicted molar refractivity (Wildman–Crippen MR) is 120 cm³/mol. The summed E-state index contributed by atoms with van der Waals surface area (Å²) in [5, 5.41) is 0. The Morgan fingerprint density at radius 3 is 2.65 bits per heavy atom. The molecular weight excluding hydrogens is 391 g/mol. The Kier molecular flexibility index (Phi) is 5.26. The fraction of sp³-hybridized carbons (Fsp3) is 0.440. The number of imidazole rings is 1. The Balaban J connectivity index is 1.27. The van der Waals surface area contributed by atoms with Crippen LogP contribution in [0.1, 0.15) is 47.4 Å². The zero-order valence-corrected chi connectivity index (χ0v) is 18.2. The highest BCUT2D eigenvalue weighted by molar-refractivity contribution is 5.94. The van der Waals surface area contributed by atoms with Gasteiger partial charge in [0.1, 0.15) is 11.6 Å². The Labute approximate surface area is 182 Å². The number of carbonyl (C=O) groups is 1. The average molecular weight is 421 g/mol. The normalized spacial score (nSPS) is 19.6. The van der Waals surface area contributed by atoms with Gasteiger partial charge in [0.2, 0.25) is 0 Å². The molecule has 0 bridgehead atoms. The van der Waals surface area contributed by atoms with Crippen LogP contribution in [0.3, 0.4) is 0 Å². The number of halogens is 1. The summed E-state index contributed by atoms with van der Waals surface area (Å²) in [6.07, 6.45) is 5.03. The highest BCUT2D eigenvalue weighted by Crippen LogP contribution is 2.29. The van der Waals surface area contributed by atoms with Crippen molar-refractivity contribution in [3.8, 4) is 0 Å². The molecule has 1 saturated carbocycles. The van der Waals surface area contributed by atoms with Crippen molar-refractivity contribution < 1.29 is 9.18 Å². The molecule has 1 saturated heterocycles. The molecule has 5 rings (SSSR count). The minimum Gasteiger partial charge on any atom is -0.337 e. The van der Waals surface area contributed by atoms with Crippen LogP contribution in [0, 0.1) is 12.7 Å². The molecule has 2 heterocycles. The predicted octanol–water partition coefficient (Wildman–Crippen LogP) is 4.23. The summed E-state index contributed by atoms with van der Waals surface area (Å²) in [6, 6.07) is 13.6. The van der Waals surface area contributed by atoms with Crippen LogP contribution >= 0.6 is 0 Å². The Morgan fingerprint density at radius 1 is 1.16 bits per heavy atom. The van der Waals surface area contributed by atoms with Gasteiger partial charge in [0.15, 0.2) is 0 Å². The van der Waals surface area contributed by atoms with Gasteiger partial charge in [0.25, 0.3) is 5.91 Å². The summed E-state index contributed by atoms with van der Waals surface area (Å²) in [5.74, 6) is 0.659. The van der Waals surface area contributed by atoms with Crippen LogP contribution in [0.5, 0.6) is 0 Å². The van der Waals surface area contributed by atoms with Gasteiger partial charge in [-0.15, -0.1) is 0 Å². The van der Waals surface area contributed by atoms with Crippen molar-refractivity contribution in [2.75, 3.05) is 20.1 Å². The fourth-order valence-corrected chi connectivity index (χ4v) is 4.90. The first kappa shape index (κ1) is 20.2. The fourth-order valence-electron chi connectivity index (χ4n) is 4.90. The standard InChI is InChI=1S/C25H29FN4O/c1-17-27-23-14-20(26)10-11-24(23)30(17)15-18-6-8-19(9-7-18)25(31)28(2)22-12-13-29(16-22)21-4-3-5-21/h6-11,14,21-22H,3-5,12-13,15-16H2,1-2H3. The molecule has 0 radical (unpaired) electrons. The lowest BCUT2D eigenvalue weighted by Crippen LogP contribution is -2.43. The van der Waals surface area contributed by atoms with E-state index in [0.717, 1.165) is 48.0 Å². The Bertz CT molecular complexity index is 1100. The molecule has 3 aromatic rings. The molecule has 1 aliphatic carbocycles. The largest absolute Gasteiger partial charge is 0.337 e. The van der Waals surface area contributed by atoms with E-state index in [9.17, 15) is 9.18 Å². The van der Waals surface area contributed by atoms with Crippen LogP contribution in [0.15, 0.2) is 42.5 Å². The molecule has 1 aromatic heterocycles. The summed E-state index contributed by atoms with van der Waals surface area (Å²) < 4.78 is 15.6. The molecule has 1 atom stereocenters. The van der Waals surface area contributed by atoms with Gasteiger partial charge in [-0.05, 0) is 56.0 Å². The van der Waals surface area contributed by atoms with Gasteiger partial charge in [-0.3, -0.25) is 9.69 Å². The number of likely N-dealkylation sites (N-methyl/N-ethyl adjacent to an activating group) is 1. The van der Waals surface area contributed by atoms with Gasteiger partial charge >= 0.3 is 0 Å². The quantitative estimate of drug-likeness (QED) is 0.620. The number of hydrogen-bond donors (Lipinski definition) is 0. The number of rotatable bonds is 5. The second kappa shape index (κ2) is 8.08. The molecule has 0 N–H and O–H groups in total. The van der Waals surface area contributed by atoms with Gasteiger partial charge < -0.3 is 9.47 Å². The molecular formula is C25H29FN4O. The second-order valence-corrected chi connectivity index (χ2v) is 9.01. The van der Waals surface area contributed by atoms with E-state index in [1.54, 1.807) is 6.07 Å². The van der Waals surface area contributed by atoms with Crippen LogP contribution in [0.2, 0.25) is 0 Å². The van der Waals surface area contributed by atoms with Gasteiger partial charge in [-0.1, -0.05) is 18.6 Å². The minimum absolute atomic E-state index is 0.0896. The van der Waals surface area contributed by atoms with Gasteiger partial charge in [-0.2, -0.15) is 0 Å². The van der Waals surface area contributed by atoms with Crippen LogP contribution in [-0.2, 0) is 6.54 Å². The van der Waals surface area contributed by atoms with E-state index >= 15 is 0 Å². The second-order valence-electron chi connectivity index (χ2n) is 9.01. The topological polar surface area (TPSA) is 41.4 Å². The smallest absolute Gasteiger partial charge is 0.253 e. The van der Waals surface area contributed by atoms with E-state index in [-0.39, 0.29) is 11.7 Å². The van der Waals surface area contributed by atoms with E-state index in [1.807, 2.05) is 43.1 Å². The average Bonchev–Trinajstić information content (AvgIpc) is 3.31. The molecule has 0 spiro atoms. The van der Waals surface area contributed by atoms with Gasteiger partial charge in [-0.25, -0.2) is 9.37 Å². The number of nitrogens with zero attached hydrogens (tertiary/aromatic N) is 4. The highest BCUT2D eigenvalue weighted by atomic mass is 19.1. The molecule has 1 unspecified atom stereocenters. The van der Waals surface area contributed by atoms with Crippen molar-refractivity contribution in [2.45, 2.75) is 51.2 Å². The minimum atomic E-state index is -0.276. The third-order valence-electron chi connectivity index (χ3n) is 7.10. The molecule has 162 valence electrons. The monoisotopic (exact) mass is 420 g/mol. The molecule has 2 aromatic carbocycles.